The zero-order chi connectivity index (χ0) is 24.8. The maximum atomic E-state index is 13.3. The Hall–Kier alpha value is -2.91. The normalized spacial score (nSPS) is 17.1. The SMILES string of the molecule is CC(=O)NCc1ccc(C(=O)Nc2cc(S(=O)(=O)N3CCCCC3)ccc2N2CCCCC2)cc1. The summed E-state index contributed by atoms with van der Waals surface area (Å²) in [6.07, 6.45) is 6.09. The standard InChI is InChI=1S/C26H34N4O4S/c1-20(31)27-19-21-8-10-22(11-9-21)26(32)28-24-18-23(35(33,34)30-16-6-3-7-17-30)12-13-25(24)29-14-4-2-5-15-29/h8-13,18H,2-7,14-17,19H2,1H3,(H,27,31)(H,28,32). The van der Waals surface area contributed by atoms with Crippen LogP contribution in [0.2, 0.25) is 0 Å². The summed E-state index contributed by atoms with van der Waals surface area (Å²) in [6, 6.07) is 12.1. The van der Waals surface area contributed by atoms with E-state index in [0.29, 0.717) is 30.9 Å². The van der Waals surface area contributed by atoms with Crippen molar-refractivity contribution >= 4 is 33.2 Å². The number of hydrogen-bond acceptors (Lipinski definition) is 5. The van der Waals surface area contributed by atoms with Gasteiger partial charge in [0.25, 0.3) is 5.91 Å². The van der Waals surface area contributed by atoms with E-state index in [9.17, 15) is 18.0 Å². The number of carbonyl (C=O) groups is 2. The summed E-state index contributed by atoms with van der Waals surface area (Å²) in [6.45, 7) is 4.66. The topological polar surface area (TPSA) is 98.8 Å². The Morgan fingerprint density at radius 1 is 0.857 bits per heavy atom. The average Bonchev–Trinajstić information content (AvgIpc) is 2.88. The number of sulfonamides is 1. The molecule has 35 heavy (non-hydrogen) atoms. The Morgan fingerprint density at radius 2 is 1.49 bits per heavy atom. The fourth-order valence-electron chi connectivity index (χ4n) is 4.64. The monoisotopic (exact) mass is 498 g/mol. The van der Waals surface area contributed by atoms with Crippen LogP contribution in [0.1, 0.15) is 61.4 Å². The zero-order valence-electron chi connectivity index (χ0n) is 20.3. The molecule has 9 heteroatoms. The summed E-state index contributed by atoms with van der Waals surface area (Å²) in [5.41, 5.74) is 2.71. The molecule has 4 rings (SSSR count). The molecule has 2 heterocycles. The highest BCUT2D eigenvalue weighted by molar-refractivity contribution is 7.89. The van der Waals surface area contributed by atoms with Crippen LogP contribution in [-0.2, 0) is 21.4 Å². The van der Waals surface area contributed by atoms with Gasteiger partial charge in [0.15, 0.2) is 0 Å². The number of nitrogens with zero attached hydrogens (tertiary/aromatic N) is 2. The summed E-state index contributed by atoms with van der Waals surface area (Å²) in [5.74, 6) is -0.418. The molecule has 188 valence electrons. The Balaban J connectivity index is 1.60. The van der Waals surface area contributed by atoms with Crippen LogP contribution in [0.25, 0.3) is 0 Å². The molecule has 2 aromatic rings. The molecule has 0 saturated carbocycles. The number of nitrogens with one attached hydrogen (secondary N) is 2. The van der Waals surface area contributed by atoms with Gasteiger partial charge in [-0.25, -0.2) is 8.42 Å². The molecule has 2 N–H and O–H groups in total. The Kier molecular flexibility index (Phi) is 8.07. The van der Waals surface area contributed by atoms with Crippen molar-refractivity contribution in [2.45, 2.75) is 56.9 Å². The summed E-state index contributed by atoms with van der Waals surface area (Å²) in [7, 11) is -3.62. The van der Waals surface area contributed by atoms with Gasteiger partial charge in [-0.3, -0.25) is 9.59 Å². The Labute approximate surface area is 207 Å². The lowest BCUT2D eigenvalue weighted by atomic mass is 10.1. The third kappa shape index (κ3) is 6.21. The van der Waals surface area contributed by atoms with E-state index in [-0.39, 0.29) is 16.7 Å². The minimum Gasteiger partial charge on any atom is -0.370 e. The predicted molar refractivity (Wildman–Crippen MR) is 137 cm³/mol. The molecule has 0 unspecified atom stereocenters. The quantitative estimate of drug-likeness (QED) is 0.606. The van der Waals surface area contributed by atoms with E-state index in [1.165, 1.54) is 13.3 Å². The highest BCUT2D eigenvalue weighted by atomic mass is 32.2. The van der Waals surface area contributed by atoms with E-state index in [0.717, 1.165) is 56.4 Å². The van der Waals surface area contributed by atoms with Gasteiger partial charge < -0.3 is 15.5 Å². The molecular weight excluding hydrogens is 464 g/mol. The van der Waals surface area contributed by atoms with Gasteiger partial charge in [-0.1, -0.05) is 18.6 Å². The fourth-order valence-corrected chi connectivity index (χ4v) is 6.18. The van der Waals surface area contributed by atoms with Crippen molar-refractivity contribution < 1.29 is 18.0 Å². The third-order valence-electron chi connectivity index (χ3n) is 6.62. The van der Waals surface area contributed by atoms with Crippen molar-refractivity contribution in [2.75, 3.05) is 36.4 Å². The van der Waals surface area contributed by atoms with Crippen LogP contribution >= 0.6 is 0 Å². The Morgan fingerprint density at radius 3 is 2.11 bits per heavy atom. The number of hydrogen-bond donors (Lipinski definition) is 2. The van der Waals surface area contributed by atoms with Crippen molar-refractivity contribution in [3.05, 3.63) is 53.6 Å². The molecule has 0 bridgehead atoms. The number of amides is 2. The average molecular weight is 499 g/mol. The van der Waals surface area contributed by atoms with Crippen molar-refractivity contribution in [2.24, 2.45) is 0 Å². The highest BCUT2D eigenvalue weighted by Gasteiger charge is 2.27. The van der Waals surface area contributed by atoms with Crippen molar-refractivity contribution in [1.29, 1.82) is 0 Å². The van der Waals surface area contributed by atoms with Crippen LogP contribution in [0.5, 0.6) is 0 Å². The summed E-state index contributed by atoms with van der Waals surface area (Å²) in [4.78, 5) is 26.7. The van der Waals surface area contributed by atoms with Crippen LogP contribution in [0.15, 0.2) is 47.4 Å². The largest absolute Gasteiger partial charge is 0.370 e. The molecule has 0 aliphatic carbocycles. The number of anilines is 2. The molecular formula is C26H34N4O4S. The number of carbonyl (C=O) groups excluding carboxylic acids is 2. The van der Waals surface area contributed by atoms with Crippen molar-refractivity contribution in [3.63, 3.8) is 0 Å². The zero-order valence-corrected chi connectivity index (χ0v) is 21.1. The van der Waals surface area contributed by atoms with Crippen LogP contribution in [0.3, 0.4) is 0 Å². The first-order valence-corrected chi connectivity index (χ1v) is 13.8. The lowest BCUT2D eigenvalue weighted by molar-refractivity contribution is -0.119. The van der Waals surface area contributed by atoms with E-state index in [2.05, 4.69) is 15.5 Å². The molecule has 2 fully saturated rings. The number of rotatable bonds is 7. The van der Waals surface area contributed by atoms with Gasteiger partial charge in [0, 0.05) is 45.2 Å². The van der Waals surface area contributed by atoms with E-state index < -0.39 is 10.0 Å². The second-order valence-corrected chi connectivity index (χ2v) is 11.2. The molecule has 2 amide bonds. The first-order chi connectivity index (χ1) is 16.8. The van der Waals surface area contributed by atoms with Crippen LogP contribution in [0, 0.1) is 0 Å². The van der Waals surface area contributed by atoms with E-state index in [4.69, 9.17) is 0 Å². The summed E-state index contributed by atoms with van der Waals surface area (Å²) >= 11 is 0. The maximum Gasteiger partial charge on any atom is 0.255 e. The van der Waals surface area contributed by atoms with Crippen LogP contribution < -0.4 is 15.5 Å². The molecule has 0 radical (unpaired) electrons. The lowest BCUT2D eigenvalue weighted by Gasteiger charge is -2.31. The van der Waals surface area contributed by atoms with Gasteiger partial charge in [0.1, 0.15) is 0 Å². The second kappa shape index (κ2) is 11.2. The maximum absolute atomic E-state index is 13.3. The molecule has 0 spiro atoms. The smallest absolute Gasteiger partial charge is 0.255 e. The van der Waals surface area contributed by atoms with Crippen LogP contribution in [-0.4, -0.2) is 50.7 Å². The van der Waals surface area contributed by atoms with E-state index in [1.54, 1.807) is 40.7 Å². The predicted octanol–water partition coefficient (Wildman–Crippen LogP) is 3.74. The summed E-state index contributed by atoms with van der Waals surface area (Å²) in [5, 5.41) is 5.71. The van der Waals surface area contributed by atoms with E-state index >= 15 is 0 Å². The third-order valence-corrected chi connectivity index (χ3v) is 8.52. The molecule has 0 aromatic heterocycles. The molecule has 2 aliphatic rings. The number of piperidine rings is 2. The molecule has 0 atom stereocenters. The lowest BCUT2D eigenvalue weighted by Crippen LogP contribution is -2.35. The van der Waals surface area contributed by atoms with Gasteiger partial charge in [-0.2, -0.15) is 4.31 Å². The molecule has 8 nitrogen and oxygen atoms in total. The summed E-state index contributed by atoms with van der Waals surface area (Å²) < 4.78 is 28.1. The minimum atomic E-state index is -3.62. The molecule has 2 aromatic carbocycles. The van der Waals surface area contributed by atoms with E-state index in [1.807, 2.05) is 6.07 Å². The van der Waals surface area contributed by atoms with Crippen LogP contribution in [0.4, 0.5) is 11.4 Å². The fraction of sp³-hybridized carbons (Fsp3) is 0.462. The van der Waals surface area contributed by atoms with Crippen molar-refractivity contribution in [1.82, 2.24) is 9.62 Å². The van der Waals surface area contributed by atoms with Gasteiger partial charge >= 0.3 is 0 Å². The van der Waals surface area contributed by atoms with Gasteiger partial charge in [0.05, 0.1) is 16.3 Å². The van der Waals surface area contributed by atoms with Gasteiger partial charge in [-0.15, -0.1) is 0 Å². The number of benzene rings is 2. The first kappa shape index (κ1) is 25.2. The first-order valence-electron chi connectivity index (χ1n) is 12.4. The highest BCUT2D eigenvalue weighted by Crippen LogP contribution is 2.33. The van der Waals surface area contributed by atoms with Gasteiger partial charge in [-0.05, 0) is 68.0 Å². The second-order valence-electron chi connectivity index (χ2n) is 9.25. The Bertz CT molecular complexity index is 1150. The van der Waals surface area contributed by atoms with Gasteiger partial charge in [0.2, 0.25) is 15.9 Å². The molecule has 2 aliphatic heterocycles. The minimum absolute atomic E-state index is 0.114. The van der Waals surface area contributed by atoms with Crippen molar-refractivity contribution in [3.8, 4) is 0 Å². The molecule has 2 saturated heterocycles.